The Kier molecular flexibility index (Phi) is 6.18. The number of esters is 1. The molecule has 3 aromatic carbocycles. The number of hydrogen-bond acceptors (Lipinski definition) is 5. The van der Waals surface area contributed by atoms with Gasteiger partial charge in [-0.3, -0.25) is 0 Å². The summed E-state index contributed by atoms with van der Waals surface area (Å²) in [5.74, 6) is -0.474. The fraction of sp³-hybridized carbons (Fsp3) is 0.0400. The zero-order valence-electron chi connectivity index (χ0n) is 16.6. The van der Waals surface area contributed by atoms with Crippen LogP contribution in [0.5, 0.6) is 11.5 Å². The second-order valence-electron chi connectivity index (χ2n) is 6.96. The van der Waals surface area contributed by atoms with Crippen LogP contribution in [0.3, 0.4) is 0 Å². The van der Waals surface area contributed by atoms with Crippen molar-refractivity contribution >= 4 is 35.2 Å². The van der Waals surface area contributed by atoms with Gasteiger partial charge in [0.25, 0.3) is 0 Å². The Morgan fingerprint density at radius 2 is 1.81 bits per heavy atom. The summed E-state index contributed by atoms with van der Waals surface area (Å²) in [6.07, 6.45) is 3.00. The van der Waals surface area contributed by atoms with Crippen LogP contribution in [0.1, 0.15) is 22.6 Å². The zero-order chi connectivity index (χ0) is 22.7. The molecule has 1 atom stereocenters. The highest BCUT2D eigenvalue weighted by atomic mass is 35.5. The lowest BCUT2D eigenvalue weighted by Crippen LogP contribution is -2.21. The Morgan fingerprint density at radius 1 is 1.06 bits per heavy atom. The van der Waals surface area contributed by atoms with E-state index < -0.39 is 11.9 Å². The normalized spacial score (nSPS) is 15.1. The van der Waals surface area contributed by atoms with Gasteiger partial charge in [0.05, 0.1) is 5.92 Å². The molecule has 7 heteroatoms. The van der Waals surface area contributed by atoms with Crippen LogP contribution >= 0.6 is 23.2 Å². The predicted octanol–water partition coefficient (Wildman–Crippen LogP) is 5.83. The molecule has 0 aromatic heterocycles. The molecule has 0 fully saturated rings. The van der Waals surface area contributed by atoms with Crippen molar-refractivity contribution in [3.05, 3.63) is 111 Å². The Labute approximate surface area is 194 Å². The van der Waals surface area contributed by atoms with Gasteiger partial charge in [-0.15, -0.1) is 0 Å². The summed E-state index contributed by atoms with van der Waals surface area (Å²) in [4.78, 5) is 12.2. The maximum Gasteiger partial charge on any atom is 0.336 e. The first-order valence-electron chi connectivity index (χ1n) is 9.57. The van der Waals surface area contributed by atoms with Crippen molar-refractivity contribution in [3.8, 4) is 17.6 Å². The highest BCUT2D eigenvalue weighted by Crippen LogP contribution is 2.45. The van der Waals surface area contributed by atoms with Gasteiger partial charge >= 0.3 is 5.97 Å². The largest absolute Gasteiger partial charge is 0.440 e. The van der Waals surface area contributed by atoms with E-state index in [1.165, 1.54) is 6.08 Å². The minimum atomic E-state index is -0.545. The van der Waals surface area contributed by atoms with Crippen molar-refractivity contribution in [1.29, 1.82) is 5.26 Å². The lowest BCUT2D eigenvalue weighted by atomic mass is 9.83. The number of carbonyl (C=O) groups is 1. The van der Waals surface area contributed by atoms with Crippen LogP contribution in [0.4, 0.5) is 0 Å². The number of nitriles is 1. The number of allylic oxidation sites excluding steroid dienone is 1. The zero-order valence-corrected chi connectivity index (χ0v) is 18.1. The molecule has 32 heavy (non-hydrogen) atoms. The van der Waals surface area contributed by atoms with Crippen LogP contribution in [-0.2, 0) is 4.79 Å². The van der Waals surface area contributed by atoms with Crippen molar-refractivity contribution in [2.75, 3.05) is 0 Å². The molecular formula is C25H16Cl2N2O3. The van der Waals surface area contributed by atoms with Gasteiger partial charge in [0.15, 0.2) is 0 Å². The molecule has 0 amide bonds. The minimum Gasteiger partial charge on any atom is -0.440 e. The number of carbonyl (C=O) groups excluding carboxylic acids is 1. The number of benzene rings is 3. The van der Waals surface area contributed by atoms with Gasteiger partial charge in [-0.1, -0.05) is 65.7 Å². The van der Waals surface area contributed by atoms with E-state index in [9.17, 15) is 10.1 Å². The van der Waals surface area contributed by atoms with Crippen LogP contribution in [-0.4, -0.2) is 5.97 Å². The van der Waals surface area contributed by atoms with Crippen LogP contribution in [0.25, 0.3) is 6.08 Å². The van der Waals surface area contributed by atoms with Gasteiger partial charge in [-0.05, 0) is 35.4 Å². The molecule has 2 N–H and O–H groups in total. The fourth-order valence-corrected chi connectivity index (χ4v) is 3.95. The first-order valence-corrected chi connectivity index (χ1v) is 10.3. The van der Waals surface area contributed by atoms with Gasteiger partial charge < -0.3 is 15.2 Å². The molecule has 3 aromatic rings. The Morgan fingerprint density at radius 3 is 2.53 bits per heavy atom. The van der Waals surface area contributed by atoms with Gasteiger partial charge in [-0.25, -0.2) is 4.79 Å². The number of fused-ring (bicyclic) bond motifs is 1. The molecule has 0 aliphatic carbocycles. The summed E-state index contributed by atoms with van der Waals surface area (Å²) in [6.45, 7) is 0. The summed E-state index contributed by atoms with van der Waals surface area (Å²) in [6, 6.07) is 21.5. The molecule has 1 heterocycles. The molecule has 0 radical (unpaired) electrons. The molecule has 0 saturated carbocycles. The number of rotatable bonds is 4. The monoisotopic (exact) mass is 462 g/mol. The van der Waals surface area contributed by atoms with E-state index in [4.69, 9.17) is 38.4 Å². The third-order valence-corrected chi connectivity index (χ3v) is 5.46. The third kappa shape index (κ3) is 4.47. The predicted molar refractivity (Wildman–Crippen MR) is 123 cm³/mol. The molecule has 5 nitrogen and oxygen atoms in total. The van der Waals surface area contributed by atoms with Crippen molar-refractivity contribution < 1.29 is 14.3 Å². The molecule has 158 valence electrons. The van der Waals surface area contributed by atoms with Gasteiger partial charge in [0, 0.05) is 27.8 Å². The molecule has 4 rings (SSSR count). The first-order chi connectivity index (χ1) is 15.5. The Balaban J connectivity index is 1.64. The van der Waals surface area contributed by atoms with Crippen LogP contribution in [0, 0.1) is 11.3 Å². The van der Waals surface area contributed by atoms with Gasteiger partial charge in [-0.2, -0.15) is 5.26 Å². The number of nitrogens with two attached hydrogens (primary N) is 1. The number of halogens is 2. The second kappa shape index (κ2) is 9.19. The van der Waals surface area contributed by atoms with E-state index in [0.717, 1.165) is 5.56 Å². The lowest BCUT2D eigenvalue weighted by molar-refractivity contribution is -0.128. The average Bonchev–Trinajstić information content (AvgIpc) is 2.78. The van der Waals surface area contributed by atoms with Gasteiger partial charge in [0.1, 0.15) is 23.1 Å². The average molecular weight is 463 g/mol. The summed E-state index contributed by atoms with van der Waals surface area (Å²) >= 11 is 12.4. The van der Waals surface area contributed by atoms with Crippen molar-refractivity contribution in [3.63, 3.8) is 0 Å². The Bertz CT molecular complexity index is 1290. The lowest BCUT2D eigenvalue weighted by Gasteiger charge is -2.27. The highest BCUT2D eigenvalue weighted by molar-refractivity contribution is 6.35. The molecule has 1 aliphatic heterocycles. The maximum atomic E-state index is 12.2. The van der Waals surface area contributed by atoms with E-state index in [0.29, 0.717) is 26.9 Å². The number of ether oxygens (including phenoxy) is 2. The van der Waals surface area contributed by atoms with Crippen LogP contribution in [0.15, 0.2) is 84.3 Å². The van der Waals surface area contributed by atoms with E-state index in [1.807, 2.05) is 30.3 Å². The number of nitrogens with zero attached hydrogens (tertiary/aromatic N) is 1. The van der Waals surface area contributed by atoms with Crippen molar-refractivity contribution in [2.45, 2.75) is 5.92 Å². The van der Waals surface area contributed by atoms with E-state index in [2.05, 4.69) is 6.07 Å². The molecule has 0 spiro atoms. The summed E-state index contributed by atoms with van der Waals surface area (Å²) in [7, 11) is 0. The fourth-order valence-electron chi connectivity index (χ4n) is 3.43. The van der Waals surface area contributed by atoms with Crippen LogP contribution in [0.2, 0.25) is 10.0 Å². The first kappa shape index (κ1) is 21.5. The molecular weight excluding hydrogens is 447 g/mol. The number of hydrogen-bond donors (Lipinski definition) is 1. The SMILES string of the molecule is N#CC1=C(N)Oc2cc(OC(=O)/C=C/c3ccccc3)ccc2C1c1ccc(Cl)cc1Cl. The molecule has 1 aliphatic rings. The van der Waals surface area contributed by atoms with E-state index >= 15 is 0 Å². The quantitative estimate of drug-likeness (QED) is 0.299. The standard InChI is InChI=1S/C25H16Cl2N2O3/c26-16-7-9-18(21(27)12-16)24-19-10-8-17(13-22(19)32-25(29)20(24)14-28)31-23(30)11-6-15-4-2-1-3-5-15/h1-13,24H,29H2/b11-6+. The van der Waals surface area contributed by atoms with Gasteiger partial charge in [0.2, 0.25) is 5.88 Å². The minimum absolute atomic E-state index is 0.0385. The maximum absolute atomic E-state index is 12.2. The smallest absolute Gasteiger partial charge is 0.336 e. The van der Waals surface area contributed by atoms with E-state index in [-0.39, 0.29) is 17.2 Å². The molecule has 0 saturated heterocycles. The Hall–Kier alpha value is -3.72. The molecule has 1 unspecified atom stereocenters. The van der Waals surface area contributed by atoms with Crippen LogP contribution < -0.4 is 15.2 Å². The summed E-state index contributed by atoms with van der Waals surface area (Å²) in [5, 5.41) is 10.6. The third-order valence-electron chi connectivity index (χ3n) is 4.89. The summed E-state index contributed by atoms with van der Waals surface area (Å²) in [5.41, 5.74) is 8.46. The topological polar surface area (TPSA) is 85.3 Å². The molecule has 0 bridgehead atoms. The van der Waals surface area contributed by atoms with Crippen molar-refractivity contribution in [1.82, 2.24) is 0 Å². The van der Waals surface area contributed by atoms with E-state index in [1.54, 1.807) is 42.5 Å². The highest BCUT2D eigenvalue weighted by Gasteiger charge is 2.32. The van der Waals surface area contributed by atoms with Crippen molar-refractivity contribution in [2.24, 2.45) is 5.73 Å². The second-order valence-corrected chi connectivity index (χ2v) is 7.80. The summed E-state index contributed by atoms with van der Waals surface area (Å²) < 4.78 is 11.1.